The number of sulfonamides is 1. The van der Waals surface area contributed by atoms with Crippen LogP contribution in [0.15, 0.2) is 59.5 Å². The number of nitrogens with two attached hydrogens (primary N) is 1. The minimum Gasteiger partial charge on any atom is -0.396 e. The van der Waals surface area contributed by atoms with Crippen LogP contribution >= 0.6 is 0 Å². The minimum absolute atomic E-state index is 0.0286. The van der Waals surface area contributed by atoms with Gasteiger partial charge in [0.2, 0.25) is 10.0 Å². The average molecular weight is 305 g/mol. The van der Waals surface area contributed by atoms with Gasteiger partial charge in [-0.25, -0.2) is 13.6 Å². The molecule has 3 N–H and O–H groups in total. The highest BCUT2D eigenvalue weighted by atomic mass is 32.2. The molecule has 0 aliphatic rings. The molecule has 0 aliphatic heterocycles. The fourth-order valence-corrected chi connectivity index (χ4v) is 3.38. The molecule has 0 unspecified atom stereocenters. The smallest absolute Gasteiger partial charge is 0.238 e. The van der Waals surface area contributed by atoms with E-state index in [0.717, 1.165) is 5.56 Å². The molecule has 0 aliphatic carbocycles. The van der Waals surface area contributed by atoms with Crippen LogP contribution in [0.25, 0.3) is 0 Å². The van der Waals surface area contributed by atoms with Gasteiger partial charge in [-0.2, -0.15) is 0 Å². The van der Waals surface area contributed by atoms with Crippen LogP contribution in [0.4, 0.5) is 0 Å². The summed E-state index contributed by atoms with van der Waals surface area (Å²) >= 11 is 0. The van der Waals surface area contributed by atoms with Crippen molar-refractivity contribution in [2.24, 2.45) is 5.14 Å². The Morgan fingerprint density at radius 3 is 2.19 bits per heavy atom. The van der Waals surface area contributed by atoms with Crippen LogP contribution in [0.5, 0.6) is 0 Å². The van der Waals surface area contributed by atoms with Crippen LogP contribution in [0.2, 0.25) is 0 Å². The molecule has 2 aromatic rings. The van der Waals surface area contributed by atoms with Gasteiger partial charge in [0.1, 0.15) is 0 Å². The molecule has 21 heavy (non-hydrogen) atoms. The monoisotopic (exact) mass is 305 g/mol. The molecule has 2 atom stereocenters. The summed E-state index contributed by atoms with van der Waals surface area (Å²) < 4.78 is 23.5. The molecule has 0 amide bonds. The molecule has 112 valence electrons. The van der Waals surface area contributed by atoms with E-state index in [1.165, 1.54) is 6.07 Å². The van der Waals surface area contributed by atoms with Crippen LogP contribution in [0, 0.1) is 0 Å². The maximum Gasteiger partial charge on any atom is 0.238 e. The lowest BCUT2D eigenvalue weighted by molar-refractivity contribution is 0.250. The maximum absolute atomic E-state index is 11.7. The molecular formula is C16H19NO3S. The highest BCUT2D eigenvalue weighted by molar-refractivity contribution is 7.89. The average Bonchev–Trinajstić information content (AvgIpc) is 2.48. The van der Waals surface area contributed by atoms with Gasteiger partial charge >= 0.3 is 0 Å². The molecule has 0 spiro atoms. The molecule has 5 heteroatoms. The van der Waals surface area contributed by atoms with Gasteiger partial charge in [-0.15, -0.1) is 0 Å². The van der Waals surface area contributed by atoms with E-state index in [1.807, 2.05) is 37.3 Å². The third kappa shape index (κ3) is 3.50. The van der Waals surface area contributed by atoms with E-state index in [1.54, 1.807) is 18.2 Å². The summed E-state index contributed by atoms with van der Waals surface area (Å²) in [7, 11) is -3.82. The molecule has 0 aromatic heterocycles. The summed E-state index contributed by atoms with van der Waals surface area (Å²) in [5, 5.41) is 15.0. The molecule has 0 radical (unpaired) electrons. The van der Waals surface area contributed by atoms with Crippen molar-refractivity contribution in [3.05, 3.63) is 65.7 Å². The number of aliphatic hydroxyl groups excluding tert-OH is 1. The first-order valence-electron chi connectivity index (χ1n) is 6.72. The number of hydrogen-bond donors (Lipinski definition) is 2. The first-order chi connectivity index (χ1) is 9.95. The Morgan fingerprint density at radius 2 is 1.62 bits per heavy atom. The standard InChI is InChI=1S/C16H19NO3S/c1-12(13-7-3-2-4-8-13)15(11-18)14-9-5-6-10-16(14)21(17,19)20/h2-10,12,15,18H,11H2,1H3,(H2,17,19,20)/t12-,15-/m0/s1. The van der Waals surface area contributed by atoms with E-state index in [-0.39, 0.29) is 23.3 Å². The van der Waals surface area contributed by atoms with Crippen molar-refractivity contribution in [2.75, 3.05) is 6.61 Å². The summed E-state index contributed by atoms with van der Waals surface area (Å²) in [6, 6.07) is 16.3. The van der Waals surface area contributed by atoms with E-state index in [4.69, 9.17) is 5.14 Å². The summed E-state index contributed by atoms with van der Waals surface area (Å²) in [4.78, 5) is 0.0758. The van der Waals surface area contributed by atoms with Crippen LogP contribution in [0.3, 0.4) is 0 Å². The summed E-state index contributed by atoms with van der Waals surface area (Å²) in [6.45, 7) is 1.82. The molecule has 4 nitrogen and oxygen atoms in total. The molecule has 0 fully saturated rings. The Kier molecular flexibility index (Phi) is 4.77. The molecule has 0 bridgehead atoms. The van der Waals surface area contributed by atoms with E-state index in [2.05, 4.69) is 0 Å². The zero-order valence-corrected chi connectivity index (χ0v) is 12.6. The van der Waals surface area contributed by atoms with Crippen molar-refractivity contribution in [3.63, 3.8) is 0 Å². The third-order valence-corrected chi connectivity index (χ3v) is 4.74. The fourth-order valence-electron chi connectivity index (χ4n) is 2.56. The predicted octanol–water partition coefficient (Wildman–Crippen LogP) is 2.21. The Labute approximate surface area is 125 Å². The Morgan fingerprint density at radius 1 is 1.05 bits per heavy atom. The molecule has 0 heterocycles. The fraction of sp³-hybridized carbons (Fsp3) is 0.250. The van der Waals surface area contributed by atoms with E-state index >= 15 is 0 Å². The van der Waals surface area contributed by atoms with Crippen LogP contribution in [0.1, 0.15) is 29.9 Å². The second-order valence-electron chi connectivity index (χ2n) is 5.07. The predicted molar refractivity (Wildman–Crippen MR) is 82.5 cm³/mol. The molecule has 2 aromatic carbocycles. The number of benzene rings is 2. The van der Waals surface area contributed by atoms with Gasteiger partial charge in [0, 0.05) is 5.92 Å². The Bertz CT molecular complexity index is 698. The molecule has 0 saturated heterocycles. The highest BCUT2D eigenvalue weighted by Crippen LogP contribution is 2.35. The second kappa shape index (κ2) is 6.39. The Hall–Kier alpha value is -1.69. The zero-order valence-electron chi connectivity index (χ0n) is 11.8. The number of hydrogen-bond acceptors (Lipinski definition) is 3. The summed E-state index contributed by atoms with van der Waals surface area (Å²) in [6.07, 6.45) is 0. The lowest BCUT2D eigenvalue weighted by atomic mass is 9.83. The van der Waals surface area contributed by atoms with E-state index < -0.39 is 10.0 Å². The quantitative estimate of drug-likeness (QED) is 0.888. The van der Waals surface area contributed by atoms with E-state index in [9.17, 15) is 13.5 Å². The first-order valence-corrected chi connectivity index (χ1v) is 8.27. The maximum atomic E-state index is 11.7. The van der Waals surface area contributed by atoms with E-state index in [0.29, 0.717) is 5.56 Å². The van der Waals surface area contributed by atoms with Crippen LogP contribution < -0.4 is 5.14 Å². The van der Waals surface area contributed by atoms with Crippen molar-refractivity contribution >= 4 is 10.0 Å². The van der Waals surface area contributed by atoms with Crippen molar-refractivity contribution in [1.29, 1.82) is 0 Å². The van der Waals surface area contributed by atoms with Crippen molar-refractivity contribution in [2.45, 2.75) is 23.7 Å². The SMILES string of the molecule is C[C@@H](c1ccccc1)[C@H](CO)c1ccccc1S(N)(=O)=O. The van der Waals surface area contributed by atoms with Gasteiger partial charge in [-0.1, -0.05) is 55.5 Å². The van der Waals surface area contributed by atoms with Crippen molar-refractivity contribution in [1.82, 2.24) is 0 Å². The normalized spacial score (nSPS) is 14.6. The number of aliphatic hydroxyl groups is 1. The van der Waals surface area contributed by atoms with Gasteiger partial charge in [-0.05, 0) is 23.1 Å². The Balaban J connectivity index is 2.48. The number of rotatable bonds is 5. The van der Waals surface area contributed by atoms with Crippen molar-refractivity contribution in [3.8, 4) is 0 Å². The zero-order chi connectivity index (χ0) is 15.5. The highest BCUT2D eigenvalue weighted by Gasteiger charge is 2.25. The lowest BCUT2D eigenvalue weighted by Crippen LogP contribution is -2.20. The second-order valence-corrected chi connectivity index (χ2v) is 6.60. The minimum atomic E-state index is -3.82. The third-order valence-electron chi connectivity index (χ3n) is 3.75. The van der Waals surface area contributed by atoms with Crippen molar-refractivity contribution < 1.29 is 13.5 Å². The van der Waals surface area contributed by atoms with Crippen LogP contribution in [-0.2, 0) is 10.0 Å². The van der Waals surface area contributed by atoms with Gasteiger partial charge < -0.3 is 5.11 Å². The lowest BCUT2D eigenvalue weighted by Gasteiger charge is -2.24. The van der Waals surface area contributed by atoms with Gasteiger partial charge in [-0.3, -0.25) is 0 Å². The largest absolute Gasteiger partial charge is 0.396 e. The molecular weight excluding hydrogens is 286 g/mol. The molecule has 0 saturated carbocycles. The van der Waals surface area contributed by atoms with Crippen LogP contribution in [-0.4, -0.2) is 20.1 Å². The van der Waals surface area contributed by atoms with Gasteiger partial charge in [0.15, 0.2) is 0 Å². The van der Waals surface area contributed by atoms with Gasteiger partial charge in [0.05, 0.1) is 11.5 Å². The summed E-state index contributed by atoms with van der Waals surface area (Å²) in [5.74, 6) is -0.360. The first kappa shape index (κ1) is 15.7. The van der Waals surface area contributed by atoms with Gasteiger partial charge in [0.25, 0.3) is 0 Å². The number of primary sulfonamides is 1. The topological polar surface area (TPSA) is 80.4 Å². The molecule has 2 rings (SSSR count). The summed E-state index contributed by atoms with van der Waals surface area (Å²) in [5.41, 5.74) is 1.60.